The number of amides is 2. The zero-order valence-corrected chi connectivity index (χ0v) is 22.8. The highest BCUT2D eigenvalue weighted by Gasteiger charge is 2.35. The lowest BCUT2D eigenvalue weighted by Gasteiger charge is -2.40. The Labute approximate surface area is 228 Å². The lowest BCUT2D eigenvalue weighted by Crippen LogP contribution is -2.50. The van der Waals surface area contributed by atoms with Gasteiger partial charge in [0.25, 0.3) is 5.91 Å². The van der Waals surface area contributed by atoms with Crippen molar-refractivity contribution in [3.05, 3.63) is 65.6 Å². The van der Waals surface area contributed by atoms with Crippen LogP contribution < -0.4 is 14.4 Å². The van der Waals surface area contributed by atoms with E-state index in [2.05, 4.69) is 6.58 Å². The summed E-state index contributed by atoms with van der Waals surface area (Å²) in [5, 5.41) is 0.970. The number of para-hydroxylation sites is 1. The lowest BCUT2D eigenvalue weighted by atomic mass is 10.00. The van der Waals surface area contributed by atoms with Crippen molar-refractivity contribution >= 4 is 27.7 Å². The van der Waals surface area contributed by atoms with E-state index in [1.165, 1.54) is 11.4 Å². The van der Waals surface area contributed by atoms with Crippen LogP contribution in [0.5, 0.6) is 11.5 Å². The molecule has 0 bridgehead atoms. The molecule has 3 aliphatic heterocycles. The number of methoxy groups -OCH3 is 1. The maximum absolute atomic E-state index is 13.4. The number of benzene rings is 2. The van der Waals surface area contributed by atoms with E-state index in [0.717, 1.165) is 16.7 Å². The summed E-state index contributed by atoms with van der Waals surface area (Å²) < 4.78 is 42.4. The summed E-state index contributed by atoms with van der Waals surface area (Å²) >= 11 is 0. The van der Waals surface area contributed by atoms with Crippen molar-refractivity contribution < 1.29 is 32.2 Å². The molecule has 10 nitrogen and oxygen atoms in total. The molecule has 11 heteroatoms. The van der Waals surface area contributed by atoms with E-state index in [-0.39, 0.29) is 30.8 Å². The van der Waals surface area contributed by atoms with E-state index in [1.807, 2.05) is 24.3 Å². The van der Waals surface area contributed by atoms with Crippen LogP contribution in [0.4, 0.5) is 10.5 Å². The summed E-state index contributed by atoms with van der Waals surface area (Å²) in [4.78, 5) is 29.5. The first-order chi connectivity index (χ1) is 18.8. The first-order valence-corrected chi connectivity index (χ1v) is 14.6. The Morgan fingerprint density at radius 1 is 1.05 bits per heavy atom. The van der Waals surface area contributed by atoms with Gasteiger partial charge in [-0.3, -0.25) is 9.69 Å². The monoisotopic (exact) mass is 555 g/mol. The smallest absolute Gasteiger partial charge is 0.414 e. The second-order valence-electron chi connectivity index (χ2n) is 9.87. The molecule has 0 atom stereocenters. The number of hydrogen-bond donors (Lipinski definition) is 0. The topological polar surface area (TPSA) is 106 Å². The molecule has 0 N–H and O–H groups in total. The predicted molar refractivity (Wildman–Crippen MR) is 145 cm³/mol. The molecule has 0 aromatic heterocycles. The molecule has 2 aromatic rings. The van der Waals surface area contributed by atoms with E-state index >= 15 is 0 Å². The maximum Gasteiger partial charge on any atom is 0.414 e. The Kier molecular flexibility index (Phi) is 7.81. The van der Waals surface area contributed by atoms with Crippen molar-refractivity contribution in [3.63, 3.8) is 0 Å². The van der Waals surface area contributed by atoms with Crippen LogP contribution in [0.2, 0.25) is 0 Å². The molecule has 3 heterocycles. The van der Waals surface area contributed by atoms with Crippen LogP contribution in [-0.4, -0.2) is 75.1 Å². The molecule has 0 radical (unpaired) electrons. The van der Waals surface area contributed by atoms with Crippen LogP contribution in [-0.2, 0) is 21.4 Å². The third-order valence-corrected chi connectivity index (χ3v) is 9.10. The SMILES string of the molecule is C=CS(=O)(=O)N1CCC(Oc2ccc(C(=O)N3CCC(N4C(=O)OCc5ccccc54)CC3)c(OC)c2)CC1. The maximum atomic E-state index is 13.4. The number of carbonyl (C=O) groups excluding carboxylic acids is 2. The van der Waals surface area contributed by atoms with Crippen molar-refractivity contribution in [1.29, 1.82) is 0 Å². The van der Waals surface area contributed by atoms with E-state index in [0.29, 0.717) is 68.9 Å². The molecule has 39 heavy (non-hydrogen) atoms. The zero-order valence-electron chi connectivity index (χ0n) is 22.0. The fraction of sp³-hybridized carbons (Fsp3) is 0.429. The molecular formula is C28H33N3O7S. The van der Waals surface area contributed by atoms with Crippen molar-refractivity contribution in [2.75, 3.05) is 38.2 Å². The molecule has 2 saturated heterocycles. The first-order valence-electron chi connectivity index (χ1n) is 13.1. The van der Waals surface area contributed by atoms with Gasteiger partial charge in [0.15, 0.2) is 0 Å². The predicted octanol–water partition coefficient (Wildman–Crippen LogP) is 3.77. The number of rotatable bonds is 7. The van der Waals surface area contributed by atoms with E-state index in [4.69, 9.17) is 14.2 Å². The van der Waals surface area contributed by atoms with Gasteiger partial charge in [-0.1, -0.05) is 24.8 Å². The summed E-state index contributed by atoms with van der Waals surface area (Å²) in [5.41, 5.74) is 2.30. The summed E-state index contributed by atoms with van der Waals surface area (Å²) in [6.45, 7) is 5.39. The van der Waals surface area contributed by atoms with Crippen molar-refractivity contribution in [3.8, 4) is 11.5 Å². The molecular weight excluding hydrogens is 522 g/mol. The Balaban J connectivity index is 1.20. The van der Waals surface area contributed by atoms with Crippen molar-refractivity contribution in [1.82, 2.24) is 9.21 Å². The van der Waals surface area contributed by atoms with Gasteiger partial charge in [-0.2, -0.15) is 4.31 Å². The number of sulfonamides is 1. The Hall–Kier alpha value is -3.57. The Bertz CT molecular complexity index is 1350. The fourth-order valence-electron chi connectivity index (χ4n) is 5.44. The molecule has 2 fully saturated rings. The van der Waals surface area contributed by atoms with Crippen LogP contribution >= 0.6 is 0 Å². The van der Waals surface area contributed by atoms with Crippen LogP contribution in [0.3, 0.4) is 0 Å². The van der Waals surface area contributed by atoms with Crippen LogP contribution in [0, 0.1) is 0 Å². The quantitative estimate of drug-likeness (QED) is 0.512. The van der Waals surface area contributed by atoms with Gasteiger partial charge in [0.2, 0.25) is 10.0 Å². The number of carbonyl (C=O) groups is 2. The van der Waals surface area contributed by atoms with E-state index in [1.54, 1.807) is 28.0 Å². The average Bonchev–Trinajstić information content (AvgIpc) is 2.97. The van der Waals surface area contributed by atoms with Crippen LogP contribution in [0.25, 0.3) is 0 Å². The molecule has 3 aliphatic rings. The Morgan fingerprint density at radius 3 is 2.46 bits per heavy atom. The standard InChI is InChI=1S/C28H33N3O7S/c1-3-39(34,35)30-16-12-22(13-17-30)38-23-8-9-24(26(18-23)36-2)27(32)29-14-10-21(11-15-29)31-25-7-5-4-6-20(25)19-37-28(31)33/h3-9,18,21-22H,1,10-17,19H2,2H3. The average molecular weight is 556 g/mol. The van der Waals surface area contributed by atoms with Crippen LogP contribution in [0.15, 0.2) is 54.5 Å². The Morgan fingerprint density at radius 2 is 1.77 bits per heavy atom. The second-order valence-corrected chi connectivity index (χ2v) is 11.7. The summed E-state index contributed by atoms with van der Waals surface area (Å²) in [7, 11) is -1.91. The molecule has 2 amide bonds. The number of likely N-dealkylation sites (tertiary alicyclic amines) is 1. The summed E-state index contributed by atoms with van der Waals surface area (Å²) in [6, 6.07) is 12.9. The van der Waals surface area contributed by atoms with Gasteiger partial charge in [0.05, 0.1) is 18.4 Å². The van der Waals surface area contributed by atoms with Gasteiger partial charge in [0, 0.05) is 49.3 Å². The third-order valence-electron chi connectivity index (χ3n) is 7.59. The number of piperidine rings is 2. The largest absolute Gasteiger partial charge is 0.496 e. The van der Waals surface area contributed by atoms with Gasteiger partial charge in [0.1, 0.15) is 24.2 Å². The van der Waals surface area contributed by atoms with Crippen molar-refractivity contribution in [2.24, 2.45) is 0 Å². The highest BCUT2D eigenvalue weighted by atomic mass is 32.2. The lowest BCUT2D eigenvalue weighted by molar-refractivity contribution is 0.0705. The molecule has 0 saturated carbocycles. The van der Waals surface area contributed by atoms with Crippen LogP contribution in [0.1, 0.15) is 41.6 Å². The number of fused-ring (bicyclic) bond motifs is 1. The van der Waals surface area contributed by atoms with E-state index < -0.39 is 10.0 Å². The van der Waals surface area contributed by atoms with Crippen molar-refractivity contribution in [2.45, 2.75) is 44.4 Å². The molecule has 2 aromatic carbocycles. The number of nitrogens with zero attached hydrogens (tertiary/aromatic N) is 3. The van der Waals surface area contributed by atoms with E-state index in [9.17, 15) is 18.0 Å². The normalized spacial score (nSPS) is 19.3. The van der Waals surface area contributed by atoms with Gasteiger partial charge in [-0.05, 0) is 43.9 Å². The summed E-state index contributed by atoms with van der Waals surface area (Å²) in [6.07, 6.45) is 1.90. The van der Waals surface area contributed by atoms with Gasteiger partial charge < -0.3 is 19.1 Å². The summed E-state index contributed by atoms with van der Waals surface area (Å²) in [5.74, 6) is 0.843. The number of cyclic esters (lactones) is 1. The fourth-order valence-corrected chi connectivity index (χ4v) is 6.37. The number of anilines is 1. The minimum atomic E-state index is -3.43. The number of hydrogen-bond acceptors (Lipinski definition) is 7. The molecule has 0 spiro atoms. The molecule has 0 unspecified atom stereocenters. The molecule has 5 rings (SSSR count). The number of ether oxygens (including phenoxy) is 3. The molecule has 0 aliphatic carbocycles. The van der Waals surface area contributed by atoms with Gasteiger partial charge in [-0.15, -0.1) is 0 Å². The van der Waals surface area contributed by atoms with Gasteiger partial charge >= 0.3 is 6.09 Å². The highest BCUT2D eigenvalue weighted by molar-refractivity contribution is 7.92. The minimum Gasteiger partial charge on any atom is -0.496 e. The molecule has 208 valence electrons. The van der Waals surface area contributed by atoms with Gasteiger partial charge in [-0.25, -0.2) is 13.2 Å². The zero-order chi connectivity index (χ0) is 27.6. The third kappa shape index (κ3) is 5.60. The second kappa shape index (κ2) is 11.3. The first kappa shape index (κ1) is 27.0. The highest BCUT2D eigenvalue weighted by Crippen LogP contribution is 2.33. The minimum absolute atomic E-state index is 0.0476.